The van der Waals surface area contributed by atoms with Crippen LogP contribution in [0.1, 0.15) is 12.8 Å². The molecule has 4 rings (SSSR count). The standard InChI is InChI=1S/C23H19FN2O4S/c24-17-9-13-19(14-10-17)31(28,29)15-3-6-22(27)25-18-11-7-16(8-12-18)23-26-20-4-1-2-5-21(20)30-23/h1-2,4-5,7-14H,3,6,15H2,(H,25,27). The Morgan fingerprint density at radius 1 is 0.968 bits per heavy atom. The number of benzene rings is 3. The van der Waals surface area contributed by atoms with E-state index >= 15 is 0 Å². The summed E-state index contributed by atoms with van der Waals surface area (Å²) in [7, 11) is -3.56. The fraction of sp³-hybridized carbons (Fsp3) is 0.130. The zero-order valence-electron chi connectivity index (χ0n) is 16.4. The molecular formula is C23H19FN2O4S. The summed E-state index contributed by atoms with van der Waals surface area (Å²) in [5, 5.41) is 2.75. The van der Waals surface area contributed by atoms with Crippen LogP contribution in [0.25, 0.3) is 22.6 Å². The molecule has 0 unspecified atom stereocenters. The molecule has 3 aromatic carbocycles. The molecule has 0 saturated carbocycles. The van der Waals surface area contributed by atoms with Crippen LogP contribution in [0.4, 0.5) is 10.1 Å². The molecule has 1 amide bonds. The lowest BCUT2D eigenvalue weighted by molar-refractivity contribution is -0.116. The van der Waals surface area contributed by atoms with Crippen LogP contribution < -0.4 is 5.32 Å². The van der Waals surface area contributed by atoms with Crippen molar-refractivity contribution in [2.45, 2.75) is 17.7 Å². The Kier molecular flexibility index (Phi) is 5.81. The molecule has 0 aliphatic heterocycles. The number of hydrogen-bond acceptors (Lipinski definition) is 5. The third-order valence-corrected chi connectivity index (χ3v) is 6.52. The Labute approximate surface area is 178 Å². The number of carbonyl (C=O) groups is 1. The number of fused-ring (bicyclic) bond motifs is 1. The van der Waals surface area contributed by atoms with Crippen LogP contribution in [0.5, 0.6) is 0 Å². The first-order valence-electron chi connectivity index (χ1n) is 9.65. The number of sulfone groups is 1. The minimum atomic E-state index is -3.56. The van der Waals surface area contributed by atoms with E-state index in [-0.39, 0.29) is 29.4 Å². The van der Waals surface area contributed by atoms with Gasteiger partial charge in [0.25, 0.3) is 0 Å². The molecule has 158 valence electrons. The van der Waals surface area contributed by atoms with Crippen molar-refractivity contribution in [2.24, 2.45) is 0 Å². The van der Waals surface area contributed by atoms with E-state index in [1.807, 2.05) is 24.3 Å². The number of hydrogen-bond donors (Lipinski definition) is 1. The van der Waals surface area contributed by atoms with Crippen LogP contribution >= 0.6 is 0 Å². The smallest absolute Gasteiger partial charge is 0.227 e. The van der Waals surface area contributed by atoms with Crippen molar-refractivity contribution in [1.29, 1.82) is 0 Å². The highest BCUT2D eigenvalue weighted by Crippen LogP contribution is 2.25. The highest BCUT2D eigenvalue weighted by Gasteiger charge is 2.15. The monoisotopic (exact) mass is 438 g/mol. The first-order valence-corrected chi connectivity index (χ1v) is 11.3. The van der Waals surface area contributed by atoms with Crippen molar-refractivity contribution in [1.82, 2.24) is 4.98 Å². The maximum atomic E-state index is 13.0. The molecule has 4 aromatic rings. The van der Waals surface area contributed by atoms with E-state index in [1.165, 1.54) is 12.1 Å². The van der Waals surface area contributed by atoms with Crippen LogP contribution in [-0.2, 0) is 14.6 Å². The fourth-order valence-electron chi connectivity index (χ4n) is 3.10. The molecule has 1 heterocycles. The number of oxazole rings is 1. The van der Waals surface area contributed by atoms with E-state index in [0.29, 0.717) is 17.2 Å². The summed E-state index contributed by atoms with van der Waals surface area (Å²) in [6, 6.07) is 19.2. The Morgan fingerprint density at radius 3 is 2.39 bits per heavy atom. The first kappa shape index (κ1) is 20.7. The Hall–Kier alpha value is -3.52. The Balaban J connectivity index is 1.32. The highest BCUT2D eigenvalue weighted by molar-refractivity contribution is 7.91. The predicted octanol–water partition coefficient (Wildman–Crippen LogP) is 4.83. The predicted molar refractivity (Wildman–Crippen MR) is 116 cm³/mol. The lowest BCUT2D eigenvalue weighted by Crippen LogP contribution is -2.14. The van der Waals surface area contributed by atoms with Crippen molar-refractivity contribution in [2.75, 3.05) is 11.1 Å². The molecule has 0 atom stereocenters. The topological polar surface area (TPSA) is 89.3 Å². The summed E-state index contributed by atoms with van der Waals surface area (Å²) in [6.07, 6.45) is 0.208. The number of para-hydroxylation sites is 2. The van der Waals surface area contributed by atoms with Crippen molar-refractivity contribution in [3.05, 3.63) is 78.6 Å². The Morgan fingerprint density at radius 2 is 1.68 bits per heavy atom. The number of amides is 1. The van der Waals surface area contributed by atoms with Crippen LogP contribution in [0.15, 0.2) is 82.1 Å². The van der Waals surface area contributed by atoms with Crippen molar-refractivity contribution >= 4 is 32.5 Å². The SMILES string of the molecule is O=C(CCCS(=O)(=O)c1ccc(F)cc1)Nc1ccc(-c2nc3ccccc3o2)cc1. The van der Waals surface area contributed by atoms with Gasteiger partial charge in [0, 0.05) is 17.7 Å². The van der Waals surface area contributed by atoms with Gasteiger partial charge in [0.2, 0.25) is 11.8 Å². The van der Waals surface area contributed by atoms with Gasteiger partial charge in [-0.3, -0.25) is 4.79 Å². The first-order chi connectivity index (χ1) is 14.9. The molecule has 0 radical (unpaired) electrons. The average Bonchev–Trinajstić information content (AvgIpc) is 3.19. The van der Waals surface area contributed by atoms with E-state index in [2.05, 4.69) is 10.3 Å². The third-order valence-electron chi connectivity index (χ3n) is 4.70. The second-order valence-corrected chi connectivity index (χ2v) is 9.10. The van der Waals surface area contributed by atoms with Gasteiger partial charge in [0.05, 0.1) is 10.6 Å². The molecule has 0 saturated heterocycles. The molecule has 0 bridgehead atoms. The largest absolute Gasteiger partial charge is 0.436 e. The van der Waals surface area contributed by atoms with Gasteiger partial charge >= 0.3 is 0 Å². The number of nitrogens with one attached hydrogen (secondary N) is 1. The van der Waals surface area contributed by atoms with E-state index in [4.69, 9.17) is 4.42 Å². The highest BCUT2D eigenvalue weighted by atomic mass is 32.2. The van der Waals surface area contributed by atoms with Crippen LogP contribution in [0.2, 0.25) is 0 Å². The van der Waals surface area contributed by atoms with Gasteiger partial charge in [-0.1, -0.05) is 12.1 Å². The molecule has 31 heavy (non-hydrogen) atoms. The average molecular weight is 438 g/mol. The van der Waals surface area contributed by atoms with E-state index in [1.54, 1.807) is 24.3 Å². The molecule has 8 heteroatoms. The number of nitrogens with zero attached hydrogens (tertiary/aromatic N) is 1. The van der Waals surface area contributed by atoms with Crippen molar-refractivity contribution in [3.8, 4) is 11.5 Å². The maximum Gasteiger partial charge on any atom is 0.227 e. The summed E-state index contributed by atoms with van der Waals surface area (Å²) < 4.78 is 43.2. The number of rotatable bonds is 7. The molecule has 0 aliphatic carbocycles. The van der Waals surface area contributed by atoms with E-state index in [9.17, 15) is 17.6 Å². The summed E-state index contributed by atoms with van der Waals surface area (Å²) >= 11 is 0. The molecule has 1 aromatic heterocycles. The van der Waals surface area contributed by atoms with Gasteiger partial charge in [0.15, 0.2) is 15.4 Å². The summed E-state index contributed by atoms with van der Waals surface area (Å²) in [6.45, 7) is 0. The van der Waals surface area contributed by atoms with Gasteiger partial charge in [-0.2, -0.15) is 0 Å². The summed E-state index contributed by atoms with van der Waals surface area (Å²) in [5.74, 6) is -0.489. The van der Waals surface area contributed by atoms with Crippen LogP contribution in [-0.4, -0.2) is 25.1 Å². The van der Waals surface area contributed by atoms with Crippen LogP contribution in [0, 0.1) is 5.82 Å². The summed E-state index contributed by atoms with van der Waals surface area (Å²) in [4.78, 5) is 16.6. The zero-order chi connectivity index (χ0) is 21.8. The second kappa shape index (κ2) is 8.69. The number of halogens is 1. The van der Waals surface area contributed by atoms with Gasteiger partial charge in [-0.05, 0) is 67.1 Å². The number of anilines is 1. The quantitative estimate of drug-likeness (QED) is 0.418. The third kappa shape index (κ3) is 4.97. The van der Waals surface area contributed by atoms with Gasteiger partial charge in [-0.25, -0.2) is 17.8 Å². The van der Waals surface area contributed by atoms with Crippen molar-refractivity contribution < 1.29 is 22.0 Å². The normalized spacial score (nSPS) is 11.5. The maximum absolute atomic E-state index is 13.0. The Bertz CT molecular complexity index is 1280. The lowest BCUT2D eigenvalue weighted by Gasteiger charge is -2.07. The van der Waals surface area contributed by atoms with Gasteiger partial charge < -0.3 is 9.73 Å². The zero-order valence-corrected chi connectivity index (χ0v) is 17.2. The van der Waals surface area contributed by atoms with E-state index < -0.39 is 15.7 Å². The molecule has 1 N–H and O–H groups in total. The molecule has 0 fully saturated rings. The number of aromatic nitrogens is 1. The number of carbonyl (C=O) groups excluding carboxylic acids is 1. The lowest BCUT2D eigenvalue weighted by atomic mass is 10.2. The molecule has 0 spiro atoms. The molecule has 6 nitrogen and oxygen atoms in total. The fourth-order valence-corrected chi connectivity index (χ4v) is 4.41. The van der Waals surface area contributed by atoms with Gasteiger partial charge in [-0.15, -0.1) is 0 Å². The van der Waals surface area contributed by atoms with Gasteiger partial charge in [0.1, 0.15) is 11.3 Å². The second-order valence-electron chi connectivity index (χ2n) is 6.99. The van der Waals surface area contributed by atoms with Crippen molar-refractivity contribution in [3.63, 3.8) is 0 Å². The summed E-state index contributed by atoms with van der Waals surface area (Å²) in [5.41, 5.74) is 2.83. The minimum Gasteiger partial charge on any atom is -0.436 e. The minimum absolute atomic E-state index is 0.0455. The van der Waals surface area contributed by atoms with E-state index in [0.717, 1.165) is 23.2 Å². The molecular weight excluding hydrogens is 419 g/mol. The molecule has 0 aliphatic rings. The van der Waals surface area contributed by atoms with Crippen LogP contribution in [0.3, 0.4) is 0 Å².